The summed E-state index contributed by atoms with van der Waals surface area (Å²) < 4.78 is 0. The van der Waals surface area contributed by atoms with Gasteiger partial charge in [-0.15, -0.1) is 0 Å². The van der Waals surface area contributed by atoms with Crippen LogP contribution in [0.4, 0.5) is 0 Å². The van der Waals surface area contributed by atoms with E-state index < -0.39 is 0 Å². The minimum absolute atomic E-state index is 0.0168. The minimum Gasteiger partial charge on any atom is -0.296 e. The van der Waals surface area contributed by atoms with E-state index in [1.807, 2.05) is 0 Å². The van der Waals surface area contributed by atoms with Crippen molar-refractivity contribution in [2.24, 2.45) is 17.3 Å². The third kappa shape index (κ3) is 2.12. The molecule has 2 rings (SSSR count). The van der Waals surface area contributed by atoms with Gasteiger partial charge in [-0.05, 0) is 24.2 Å². The standard InChI is InChI=1S/C14H23NO2/c1-3-6-11-13(17)15-12(16)9-14(11)8-5-4-7-10(14)2/h10-11H,3-9H2,1-2H3,(H,15,16,17). The Labute approximate surface area is 103 Å². The fourth-order valence-electron chi connectivity index (χ4n) is 3.88. The second kappa shape index (κ2) is 4.79. The summed E-state index contributed by atoms with van der Waals surface area (Å²) in [7, 11) is 0. The Kier molecular flexibility index (Phi) is 3.55. The molecule has 3 unspecified atom stereocenters. The first-order chi connectivity index (χ1) is 8.10. The fourth-order valence-corrected chi connectivity index (χ4v) is 3.88. The van der Waals surface area contributed by atoms with Crippen LogP contribution in [0.2, 0.25) is 0 Å². The van der Waals surface area contributed by atoms with E-state index in [9.17, 15) is 9.59 Å². The average Bonchev–Trinajstić information content (AvgIpc) is 2.27. The second-order valence-electron chi connectivity index (χ2n) is 5.81. The van der Waals surface area contributed by atoms with E-state index in [4.69, 9.17) is 0 Å². The predicted molar refractivity (Wildman–Crippen MR) is 66.2 cm³/mol. The maximum atomic E-state index is 12.1. The first-order valence-corrected chi connectivity index (χ1v) is 6.94. The number of nitrogens with one attached hydrogen (secondary N) is 1. The topological polar surface area (TPSA) is 46.2 Å². The van der Waals surface area contributed by atoms with Gasteiger partial charge >= 0.3 is 0 Å². The van der Waals surface area contributed by atoms with E-state index in [0.717, 1.165) is 19.3 Å². The lowest BCUT2D eigenvalue weighted by molar-refractivity contribution is -0.149. The molecular formula is C14H23NO2. The normalized spacial score (nSPS) is 38.2. The number of piperidine rings is 1. The highest BCUT2D eigenvalue weighted by molar-refractivity contribution is 5.99. The van der Waals surface area contributed by atoms with E-state index in [-0.39, 0.29) is 23.1 Å². The predicted octanol–water partition coefficient (Wildman–Crippen LogP) is 2.65. The molecule has 2 aliphatic rings. The number of carbonyl (C=O) groups is 2. The molecule has 17 heavy (non-hydrogen) atoms. The fraction of sp³-hybridized carbons (Fsp3) is 0.857. The van der Waals surface area contributed by atoms with Crippen LogP contribution in [0.1, 0.15) is 58.8 Å². The lowest BCUT2D eigenvalue weighted by Gasteiger charge is -2.49. The van der Waals surface area contributed by atoms with Crippen LogP contribution in [-0.2, 0) is 9.59 Å². The van der Waals surface area contributed by atoms with Gasteiger partial charge in [0, 0.05) is 12.3 Å². The van der Waals surface area contributed by atoms with Crippen LogP contribution in [0.15, 0.2) is 0 Å². The SMILES string of the molecule is CCCC1C(=O)NC(=O)CC12CCCCC2C. The third-order valence-electron chi connectivity index (χ3n) is 4.85. The molecule has 1 aliphatic carbocycles. The molecule has 0 aromatic heterocycles. The van der Waals surface area contributed by atoms with Crippen LogP contribution in [0.5, 0.6) is 0 Å². The van der Waals surface area contributed by atoms with Gasteiger partial charge in [-0.3, -0.25) is 14.9 Å². The zero-order valence-corrected chi connectivity index (χ0v) is 10.9. The van der Waals surface area contributed by atoms with Gasteiger partial charge in [0.25, 0.3) is 0 Å². The van der Waals surface area contributed by atoms with E-state index >= 15 is 0 Å². The highest BCUT2D eigenvalue weighted by Gasteiger charge is 2.51. The summed E-state index contributed by atoms with van der Waals surface area (Å²) >= 11 is 0. The Morgan fingerprint density at radius 2 is 2.12 bits per heavy atom. The first kappa shape index (κ1) is 12.6. The van der Waals surface area contributed by atoms with Crippen LogP contribution in [0.3, 0.4) is 0 Å². The van der Waals surface area contributed by atoms with Crippen molar-refractivity contribution in [1.82, 2.24) is 5.32 Å². The van der Waals surface area contributed by atoms with Gasteiger partial charge < -0.3 is 0 Å². The first-order valence-electron chi connectivity index (χ1n) is 6.94. The number of hydrogen-bond acceptors (Lipinski definition) is 2. The Balaban J connectivity index is 2.30. The molecule has 0 radical (unpaired) electrons. The van der Waals surface area contributed by atoms with E-state index in [1.165, 1.54) is 19.3 Å². The Morgan fingerprint density at radius 3 is 2.76 bits per heavy atom. The summed E-state index contributed by atoms with van der Waals surface area (Å²) in [6, 6.07) is 0. The van der Waals surface area contributed by atoms with E-state index in [1.54, 1.807) is 0 Å². The highest BCUT2D eigenvalue weighted by Crippen LogP contribution is 2.52. The Morgan fingerprint density at radius 1 is 1.35 bits per heavy atom. The van der Waals surface area contributed by atoms with Crippen LogP contribution in [0, 0.1) is 17.3 Å². The molecule has 1 saturated heterocycles. The molecule has 1 N–H and O–H groups in total. The molecule has 3 nitrogen and oxygen atoms in total. The van der Waals surface area contributed by atoms with Gasteiger partial charge in [-0.1, -0.05) is 39.5 Å². The van der Waals surface area contributed by atoms with Crippen molar-refractivity contribution >= 4 is 11.8 Å². The highest BCUT2D eigenvalue weighted by atomic mass is 16.2. The maximum absolute atomic E-state index is 12.1. The maximum Gasteiger partial charge on any atom is 0.230 e. The third-order valence-corrected chi connectivity index (χ3v) is 4.85. The summed E-state index contributed by atoms with van der Waals surface area (Å²) in [6.45, 7) is 4.35. The zero-order valence-electron chi connectivity index (χ0n) is 10.9. The van der Waals surface area contributed by atoms with Gasteiger partial charge in [-0.25, -0.2) is 0 Å². The molecule has 2 fully saturated rings. The van der Waals surface area contributed by atoms with Crippen molar-refractivity contribution in [3.05, 3.63) is 0 Å². The number of imide groups is 1. The molecule has 1 heterocycles. The van der Waals surface area contributed by atoms with Crippen LogP contribution < -0.4 is 5.32 Å². The molecule has 1 saturated carbocycles. The molecule has 1 aliphatic heterocycles. The summed E-state index contributed by atoms with van der Waals surface area (Å²) in [6.07, 6.45) is 7.14. The molecule has 0 aromatic rings. The average molecular weight is 237 g/mol. The molecule has 0 bridgehead atoms. The number of hydrogen-bond donors (Lipinski definition) is 1. The number of carbonyl (C=O) groups excluding carboxylic acids is 2. The van der Waals surface area contributed by atoms with Crippen molar-refractivity contribution in [2.75, 3.05) is 0 Å². The lowest BCUT2D eigenvalue weighted by atomic mass is 9.56. The van der Waals surface area contributed by atoms with Crippen molar-refractivity contribution in [3.63, 3.8) is 0 Å². The number of amides is 2. The summed E-state index contributed by atoms with van der Waals surface area (Å²) in [5.74, 6) is 0.483. The lowest BCUT2D eigenvalue weighted by Crippen LogP contribution is -2.55. The quantitative estimate of drug-likeness (QED) is 0.750. The van der Waals surface area contributed by atoms with Crippen molar-refractivity contribution in [2.45, 2.75) is 58.8 Å². The van der Waals surface area contributed by atoms with Crippen molar-refractivity contribution < 1.29 is 9.59 Å². The number of rotatable bonds is 2. The summed E-state index contributed by atoms with van der Waals surface area (Å²) in [4.78, 5) is 23.8. The smallest absolute Gasteiger partial charge is 0.230 e. The molecule has 0 aromatic carbocycles. The van der Waals surface area contributed by atoms with Gasteiger partial charge in [0.1, 0.15) is 0 Å². The molecule has 2 amide bonds. The van der Waals surface area contributed by atoms with Crippen LogP contribution in [-0.4, -0.2) is 11.8 Å². The Bertz CT molecular complexity index is 326. The minimum atomic E-state index is -0.0592. The molecule has 1 spiro atoms. The zero-order chi connectivity index (χ0) is 12.5. The molecular weight excluding hydrogens is 214 g/mol. The monoisotopic (exact) mass is 237 g/mol. The second-order valence-corrected chi connectivity index (χ2v) is 5.81. The summed E-state index contributed by atoms with van der Waals surface area (Å²) in [5.41, 5.74) is -0.0341. The molecule has 96 valence electrons. The van der Waals surface area contributed by atoms with Gasteiger partial charge in [0.15, 0.2) is 0 Å². The molecule has 3 heteroatoms. The summed E-state index contributed by atoms with van der Waals surface area (Å²) in [5, 5.41) is 2.53. The van der Waals surface area contributed by atoms with Crippen LogP contribution in [0.25, 0.3) is 0 Å². The van der Waals surface area contributed by atoms with E-state index in [0.29, 0.717) is 12.3 Å². The van der Waals surface area contributed by atoms with Crippen molar-refractivity contribution in [3.8, 4) is 0 Å². The Hall–Kier alpha value is -0.860. The van der Waals surface area contributed by atoms with Gasteiger partial charge in [0.2, 0.25) is 11.8 Å². The van der Waals surface area contributed by atoms with Gasteiger partial charge in [-0.2, -0.15) is 0 Å². The van der Waals surface area contributed by atoms with Crippen LogP contribution >= 0.6 is 0 Å². The van der Waals surface area contributed by atoms with Gasteiger partial charge in [0.05, 0.1) is 0 Å². The molecule has 3 atom stereocenters. The largest absolute Gasteiger partial charge is 0.296 e. The van der Waals surface area contributed by atoms with Crippen molar-refractivity contribution in [1.29, 1.82) is 0 Å². The van der Waals surface area contributed by atoms with E-state index in [2.05, 4.69) is 19.2 Å².